The second-order valence-electron chi connectivity index (χ2n) is 6.87. The number of rotatable bonds is 5. The fourth-order valence-electron chi connectivity index (χ4n) is 3.23. The predicted molar refractivity (Wildman–Crippen MR) is 90.1 cm³/mol. The molecule has 0 radical (unpaired) electrons. The molecule has 1 aromatic heterocycles. The topological polar surface area (TPSA) is 101 Å². The maximum Gasteiger partial charge on any atom is 0.307 e. The van der Waals surface area contributed by atoms with Crippen LogP contribution in [0, 0.1) is 17.3 Å². The number of hydrogen-bond donors (Lipinski definition) is 2. The van der Waals surface area contributed by atoms with Crippen molar-refractivity contribution >= 4 is 23.3 Å². The Morgan fingerprint density at radius 1 is 1.16 bits per heavy atom. The van der Waals surface area contributed by atoms with Crippen LogP contribution in [0.5, 0.6) is 0 Å². The molecule has 7 heteroatoms. The van der Waals surface area contributed by atoms with Gasteiger partial charge in [-0.1, -0.05) is 13.8 Å². The molecule has 2 aromatic rings. The summed E-state index contributed by atoms with van der Waals surface area (Å²) in [5.74, 6) is -2.38. The van der Waals surface area contributed by atoms with Crippen molar-refractivity contribution in [3.63, 3.8) is 0 Å². The van der Waals surface area contributed by atoms with Crippen molar-refractivity contribution in [3.8, 4) is 0 Å². The summed E-state index contributed by atoms with van der Waals surface area (Å²) in [6.07, 6.45) is 3.25. The Morgan fingerprint density at radius 2 is 1.80 bits per heavy atom. The molecule has 0 bridgehead atoms. The number of carboxylic acids is 1. The van der Waals surface area contributed by atoms with E-state index in [2.05, 4.69) is 10.3 Å². The third-order valence-corrected chi connectivity index (χ3v) is 4.81. The van der Waals surface area contributed by atoms with Gasteiger partial charge in [0.05, 0.1) is 11.8 Å². The van der Waals surface area contributed by atoms with Gasteiger partial charge in [0.1, 0.15) is 0 Å². The Kier molecular flexibility index (Phi) is 3.94. The normalized spacial score (nSPS) is 20.8. The fourth-order valence-corrected chi connectivity index (χ4v) is 3.23. The number of ketones is 1. The summed E-state index contributed by atoms with van der Waals surface area (Å²) in [4.78, 5) is 39.8. The second kappa shape index (κ2) is 5.84. The largest absolute Gasteiger partial charge is 0.481 e. The number of carbonyl (C=O) groups excluding carboxylic acids is 2. The van der Waals surface area contributed by atoms with Crippen molar-refractivity contribution in [1.82, 2.24) is 9.55 Å². The van der Waals surface area contributed by atoms with E-state index in [4.69, 9.17) is 5.11 Å². The molecular weight excluding hydrogens is 322 g/mol. The Labute approximate surface area is 144 Å². The average Bonchev–Trinajstić information content (AvgIpc) is 2.90. The predicted octanol–water partition coefficient (Wildman–Crippen LogP) is 1.95. The molecule has 0 spiro atoms. The van der Waals surface area contributed by atoms with Gasteiger partial charge < -0.3 is 15.0 Å². The third kappa shape index (κ3) is 2.93. The highest BCUT2D eigenvalue weighted by atomic mass is 16.4. The van der Waals surface area contributed by atoms with Gasteiger partial charge in [-0.15, -0.1) is 0 Å². The van der Waals surface area contributed by atoms with E-state index < -0.39 is 23.2 Å². The summed E-state index contributed by atoms with van der Waals surface area (Å²) in [7, 11) is 1.74. The van der Waals surface area contributed by atoms with Crippen LogP contribution in [0.25, 0.3) is 0 Å². The summed E-state index contributed by atoms with van der Waals surface area (Å²) in [5.41, 5.74) is 0.431. The fraction of sp³-hybridized carbons (Fsp3) is 0.333. The molecule has 2 atom stereocenters. The molecule has 1 aliphatic carbocycles. The van der Waals surface area contributed by atoms with E-state index in [1.165, 1.54) is 0 Å². The van der Waals surface area contributed by atoms with Crippen LogP contribution in [-0.4, -0.2) is 32.3 Å². The Bertz CT molecular complexity index is 851. The van der Waals surface area contributed by atoms with Crippen LogP contribution in [0.1, 0.15) is 30.0 Å². The Morgan fingerprint density at radius 3 is 2.28 bits per heavy atom. The number of anilines is 1. The molecule has 1 heterocycles. The van der Waals surface area contributed by atoms with E-state index in [0.717, 1.165) is 0 Å². The zero-order valence-electron chi connectivity index (χ0n) is 14.2. The first-order valence-electron chi connectivity index (χ1n) is 7.89. The molecule has 2 N–H and O–H groups in total. The SMILES string of the molecule is Cn1ccnc1C(=O)c1ccc(NC(=O)[C@@H]2[C@@H](C(=O)O)C2(C)C)cc1. The lowest BCUT2D eigenvalue weighted by Gasteiger charge is -2.07. The number of amides is 1. The Hall–Kier alpha value is -2.96. The Balaban J connectivity index is 1.70. The smallest absolute Gasteiger partial charge is 0.307 e. The van der Waals surface area contributed by atoms with Gasteiger partial charge in [-0.05, 0) is 29.7 Å². The van der Waals surface area contributed by atoms with Gasteiger partial charge in [-0.25, -0.2) is 4.98 Å². The molecule has 0 aliphatic heterocycles. The molecular formula is C18H19N3O4. The van der Waals surface area contributed by atoms with Crippen LogP contribution in [0.4, 0.5) is 5.69 Å². The first-order valence-corrected chi connectivity index (χ1v) is 7.89. The zero-order chi connectivity index (χ0) is 18.4. The van der Waals surface area contributed by atoms with Crippen LogP contribution < -0.4 is 5.32 Å². The number of nitrogens with one attached hydrogen (secondary N) is 1. The first-order chi connectivity index (χ1) is 11.7. The number of imidazole rings is 1. The number of benzene rings is 1. The molecule has 7 nitrogen and oxygen atoms in total. The third-order valence-electron chi connectivity index (χ3n) is 4.81. The number of carboxylic acid groups (broad SMARTS) is 1. The number of aryl methyl sites for hydroxylation is 1. The van der Waals surface area contributed by atoms with Crippen molar-refractivity contribution in [2.75, 3.05) is 5.32 Å². The van der Waals surface area contributed by atoms with Crippen LogP contribution in [0.2, 0.25) is 0 Å². The van der Waals surface area contributed by atoms with Gasteiger partial charge in [0.2, 0.25) is 11.7 Å². The number of aromatic nitrogens is 2. The van der Waals surface area contributed by atoms with E-state index in [1.807, 2.05) is 0 Å². The van der Waals surface area contributed by atoms with Gasteiger partial charge in [-0.2, -0.15) is 0 Å². The summed E-state index contributed by atoms with van der Waals surface area (Å²) in [6, 6.07) is 6.47. The first kappa shape index (κ1) is 16.9. The van der Waals surface area contributed by atoms with Crippen molar-refractivity contribution in [2.45, 2.75) is 13.8 Å². The van der Waals surface area contributed by atoms with Crippen LogP contribution >= 0.6 is 0 Å². The van der Waals surface area contributed by atoms with Crippen molar-refractivity contribution in [2.24, 2.45) is 24.3 Å². The summed E-state index contributed by atoms with van der Waals surface area (Å²) in [5, 5.41) is 11.9. The highest BCUT2D eigenvalue weighted by Crippen LogP contribution is 2.58. The van der Waals surface area contributed by atoms with Crippen LogP contribution in [-0.2, 0) is 16.6 Å². The number of carbonyl (C=O) groups is 3. The van der Waals surface area contributed by atoms with Gasteiger partial charge in [0, 0.05) is 30.7 Å². The monoisotopic (exact) mass is 341 g/mol. The lowest BCUT2D eigenvalue weighted by atomic mass is 10.1. The van der Waals surface area contributed by atoms with Crippen molar-refractivity contribution < 1.29 is 19.5 Å². The average molecular weight is 341 g/mol. The maximum atomic E-state index is 12.3. The highest BCUT2D eigenvalue weighted by molar-refractivity contribution is 6.07. The standard InChI is InChI=1S/C18H19N3O4/c1-18(2)12(13(18)17(24)25)16(23)20-11-6-4-10(5-7-11)14(22)15-19-8-9-21(15)3/h4-9,12-13H,1-3H3,(H,20,23)(H,24,25)/t12-,13-/m0/s1. The molecule has 1 fully saturated rings. The molecule has 0 saturated heterocycles. The van der Waals surface area contributed by atoms with Gasteiger partial charge in [0.15, 0.2) is 5.82 Å². The number of aliphatic carboxylic acids is 1. The zero-order valence-corrected chi connectivity index (χ0v) is 14.2. The molecule has 130 valence electrons. The van der Waals surface area contributed by atoms with Gasteiger partial charge >= 0.3 is 5.97 Å². The van der Waals surface area contributed by atoms with E-state index >= 15 is 0 Å². The molecule has 3 rings (SSSR count). The molecule has 1 aromatic carbocycles. The van der Waals surface area contributed by atoms with Crippen LogP contribution in [0.15, 0.2) is 36.7 Å². The minimum atomic E-state index is -0.957. The molecule has 25 heavy (non-hydrogen) atoms. The summed E-state index contributed by atoms with van der Waals surface area (Å²) < 4.78 is 1.64. The summed E-state index contributed by atoms with van der Waals surface area (Å²) >= 11 is 0. The van der Waals surface area contributed by atoms with E-state index in [1.54, 1.807) is 62.1 Å². The molecule has 1 aliphatic rings. The molecule has 0 unspecified atom stereocenters. The second-order valence-corrected chi connectivity index (χ2v) is 6.87. The van der Waals surface area contributed by atoms with E-state index in [0.29, 0.717) is 17.1 Å². The lowest BCUT2D eigenvalue weighted by molar-refractivity contribution is -0.140. The van der Waals surface area contributed by atoms with Gasteiger partial charge in [-0.3, -0.25) is 14.4 Å². The van der Waals surface area contributed by atoms with E-state index in [-0.39, 0.29) is 11.7 Å². The number of nitrogens with zero attached hydrogens (tertiary/aromatic N) is 2. The molecule has 1 amide bonds. The van der Waals surface area contributed by atoms with Crippen LogP contribution in [0.3, 0.4) is 0 Å². The minimum absolute atomic E-state index is 0.209. The van der Waals surface area contributed by atoms with E-state index in [9.17, 15) is 14.4 Å². The molecule has 1 saturated carbocycles. The lowest BCUT2D eigenvalue weighted by Crippen LogP contribution is -2.17. The highest BCUT2D eigenvalue weighted by Gasteiger charge is 2.65. The quantitative estimate of drug-likeness (QED) is 0.810. The minimum Gasteiger partial charge on any atom is -0.481 e. The van der Waals surface area contributed by atoms with Crippen molar-refractivity contribution in [3.05, 3.63) is 48.0 Å². The maximum absolute atomic E-state index is 12.3. The van der Waals surface area contributed by atoms with Gasteiger partial charge in [0.25, 0.3) is 0 Å². The number of hydrogen-bond acceptors (Lipinski definition) is 4. The van der Waals surface area contributed by atoms with Crippen molar-refractivity contribution in [1.29, 1.82) is 0 Å². The summed E-state index contributed by atoms with van der Waals surface area (Å²) in [6.45, 7) is 3.54.